The van der Waals surface area contributed by atoms with Crippen LogP contribution in [-0.2, 0) is 39.0 Å². The molecule has 1 saturated carbocycles. The number of carbonyl (C=O) groups excluding carboxylic acids is 2. The van der Waals surface area contributed by atoms with Crippen molar-refractivity contribution in [3.8, 4) is 5.75 Å². The summed E-state index contributed by atoms with van der Waals surface area (Å²) in [5.74, 6) is 0.923. The van der Waals surface area contributed by atoms with E-state index in [4.69, 9.17) is 32.7 Å². The van der Waals surface area contributed by atoms with Gasteiger partial charge in [0.1, 0.15) is 17.5 Å². The molecule has 2 aliphatic heterocycles. The summed E-state index contributed by atoms with van der Waals surface area (Å²) in [6.45, 7) is 8.21. The monoisotopic (exact) mass is 660 g/mol. The normalized spacial score (nSPS) is 27.6. The lowest BCUT2D eigenvalue weighted by molar-refractivity contribution is -0.224. The van der Waals surface area contributed by atoms with Gasteiger partial charge in [0.05, 0.1) is 34.0 Å². The first-order valence-electron chi connectivity index (χ1n) is 16.6. The molecule has 242 valence electrons. The number of amides is 1. The Bertz CT molecular complexity index is 1650. The number of hydrogen-bond donors (Lipinski definition) is 0. The van der Waals surface area contributed by atoms with Gasteiger partial charge >= 0.3 is 5.97 Å². The van der Waals surface area contributed by atoms with Crippen molar-refractivity contribution in [1.82, 2.24) is 9.80 Å². The Morgan fingerprint density at radius 3 is 2.57 bits per heavy atom. The van der Waals surface area contributed by atoms with Crippen molar-refractivity contribution in [3.63, 3.8) is 0 Å². The van der Waals surface area contributed by atoms with E-state index in [1.54, 1.807) is 19.1 Å². The third-order valence-corrected chi connectivity index (χ3v) is 11.6. The Labute approximate surface area is 281 Å². The highest BCUT2D eigenvalue weighted by atomic mass is 35.5. The predicted molar refractivity (Wildman–Crippen MR) is 181 cm³/mol. The first-order chi connectivity index (χ1) is 22.1. The number of carbonyl (C=O) groups is 2. The van der Waals surface area contributed by atoms with E-state index in [1.807, 2.05) is 6.07 Å². The van der Waals surface area contributed by atoms with Crippen LogP contribution in [0.15, 0.2) is 66.7 Å². The zero-order valence-electron chi connectivity index (χ0n) is 26.8. The van der Waals surface area contributed by atoms with Gasteiger partial charge in [0.2, 0.25) is 5.91 Å². The zero-order chi connectivity index (χ0) is 32.2. The molecule has 0 aromatic heterocycles. The van der Waals surface area contributed by atoms with Crippen LogP contribution in [0.2, 0.25) is 10.0 Å². The molecule has 6 nitrogen and oxygen atoms in total. The molecule has 2 bridgehead atoms. The quantitative estimate of drug-likeness (QED) is 0.230. The third-order valence-electron chi connectivity index (χ3n) is 10.9. The maximum atomic E-state index is 14.3. The van der Waals surface area contributed by atoms with Crippen LogP contribution in [0, 0.1) is 5.92 Å². The van der Waals surface area contributed by atoms with Gasteiger partial charge in [0.25, 0.3) is 0 Å². The molecule has 3 aromatic rings. The number of benzene rings is 3. The molecule has 46 heavy (non-hydrogen) atoms. The number of nitrogens with zero attached hydrogens (tertiary/aromatic N) is 2. The molecule has 1 amide bonds. The Hall–Kier alpha value is -3.06. The van der Waals surface area contributed by atoms with Gasteiger partial charge in [0, 0.05) is 25.6 Å². The molecule has 2 unspecified atom stereocenters. The largest absolute Gasteiger partial charge is 0.487 e. The van der Waals surface area contributed by atoms with Crippen molar-refractivity contribution in [3.05, 3.63) is 99.0 Å². The number of ether oxygens (including phenoxy) is 2. The molecule has 4 aliphatic rings. The van der Waals surface area contributed by atoms with Crippen molar-refractivity contribution in [1.29, 1.82) is 0 Å². The highest BCUT2D eigenvalue weighted by molar-refractivity contribution is 6.42. The number of rotatable bonds is 9. The SMILES string of the molecule is CC(=O)O[C@@]12CCC(N(CC(C)C)C(=O)Cc3ccc(Cl)c(Cl)c3)C3Oc4cccc5c4[C@@]31CCN(CCc1ccccc1)[C@@H]2C5. The topological polar surface area (TPSA) is 59.1 Å². The molecule has 2 heterocycles. The van der Waals surface area contributed by atoms with Gasteiger partial charge < -0.3 is 14.4 Å². The molecule has 3 aromatic carbocycles. The summed E-state index contributed by atoms with van der Waals surface area (Å²) in [4.78, 5) is 32.0. The van der Waals surface area contributed by atoms with Gasteiger partial charge in [-0.2, -0.15) is 0 Å². The molecule has 0 radical (unpaired) electrons. The standard InChI is InChI=1S/C38H42Cl2N2O4/c1-24(2)23-42(34(44)21-27-12-13-29(39)30(40)20-27)31-14-16-38(46-25(3)43)33-22-28-10-7-11-32-35(28)37(38,36(31)45-32)17-19-41(33)18-15-26-8-5-4-6-9-26/h4-13,20,24,31,33,36H,14-19,21-23H2,1-3H3/t31?,33-,36?,37+,38-/m1/s1. The second-order valence-corrected chi connectivity index (χ2v) is 14.8. The van der Waals surface area contributed by atoms with Crippen LogP contribution in [0.1, 0.15) is 62.3 Å². The van der Waals surface area contributed by atoms with Gasteiger partial charge in [-0.05, 0) is 79.5 Å². The van der Waals surface area contributed by atoms with Gasteiger partial charge in [0.15, 0.2) is 0 Å². The first kappa shape index (κ1) is 31.5. The minimum atomic E-state index is -0.745. The van der Waals surface area contributed by atoms with E-state index in [0.717, 1.165) is 43.7 Å². The van der Waals surface area contributed by atoms with Crippen LogP contribution in [0.3, 0.4) is 0 Å². The maximum absolute atomic E-state index is 14.3. The van der Waals surface area contributed by atoms with E-state index >= 15 is 0 Å². The maximum Gasteiger partial charge on any atom is 0.303 e. The van der Waals surface area contributed by atoms with E-state index in [-0.39, 0.29) is 42.4 Å². The average Bonchev–Trinajstić information content (AvgIpc) is 3.36. The Morgan fingerprint density at radius 1 is 1.02 bits per heavy atom. The number of piperidine rings is 1. The van der Waals surface area contributed by atoms with E-state index in [9.17, 15) is 9.59 Å². The summed E-state index contributed by atoms with van der Waals surface area (Å²) in [5, 5.41) is 0.916. The van der Waals surface area contributed by atoms with Gasteiger partial charge in [-0.3, -0.25) is 14.5 Å². The lowest BCUT2D eigenvalue weighted by Gasteiger charge is -2.65. The minimum absolute atomic E-state index is 0.0206. The van der Waals surface area contributed by atoms with Crippen LogP contribution in [0.4, 0.5) is 0 Å². The summed E-state index contributed by atoms with van der Waals surface area (Å²) in [6, 6.07) is 22.2. The molecule has 1 spiro atoms. The predicted octanol–water partition coefficient (Wildman–Crippen LogP) is 7.06. The Kier molecular flexibility index (Phi) is 8.36. The number of esters is 1. The fraction of sp³-hybridized carbons (Fsp3) is 0.474. The summed E-state index contributed by atoms with van der Waals surface area (Å²) in [6.07, 6.45) is 3.79. The molecular formula is C38H42Cl2N2O4. The fourth-order valence-electron chi connectivity index (χ4n) is 9.25. The smallest absolute Gasteiger partial charge is 0.303 e. The first-order valence-corrected chi connectivity index (χ1v) is 17.4. The summed E-state index contributed by atoms with van der Waals surface area (Å²) in [5.41, 5.74) is 3.32. The van der Waals surface area contributed by atoms with Crippen LogP contribution < -0.4 is 4.74 Å². The summed E-state index contributed by atoms with van der Waals surface area (Å²) >= 11 is 12.5. The zero-order valence-corrected chi connectivity index (χ0v) is 28.3. The third kappa shape index (κ3) is 5.12. The Morgan fingerprint density at radius 2 is 1.83 bits per heavy atom. The van der Waals surface area contributed by atoms with Crippen LogP contribution in [0.5, 0.6) is 5.75 Å². The van der Waals surface area contributed by atoms with Crippen LogP contribution in [-0.4, -0.2) is 65.1 Å². The fourth-order valence-corrected chi connectivity index (χ4v) is 9.58. The van der Waals surface area contributed by atoms with E-state index in [0.29, 0.717) is 29.4 Å². The molecule has 5 atom stereocenters. The van der Waals surface area contributed by atoms with Gasteiger partial charge in [-0.25, -0.2) is 0 Å². The van der Waals surface area contributed by atoms with Crippen molar-refractivity contribution >= 4 is 35.1 Å². The van der Waals surface area contributed by atoms with Crippen molar-refractivity contribution in [2.45, 2.75) is 88.5 Å². The number of halogens is 2. The molecular weight excluding hydrogens is 619 g/mol. The summed E-state index contributed by atoms with van der Waals surface area (Å²) < 4.78 is 13.7. The minimum Gasteiger partial charge on any atom is -0.487 e. The average molecular weight is 662 g/mol. The van der Waals surface area contributed by atoms with Crippen LogP contribution in [0.25, 0.3) is 0 Å². The van der Waals surface area contributed by atoms with E-state index in [2.05, 4.69) is 72.2 Å². The van der Waals surface area contributed by atoms with Gasteiger partial charge in [-0.1, -0.05) is 85.6 Å². The molecule has 7 rings (SSSR count). The van der Waals surface area contributed by atoms with E-state index < -0.39 is 11.0 Å². The Balaban J connectivity index is 1.28. The molecule has 0 N–H and O–H groups in total. The van der Waals surface area contributed by atoms with Gasteiger partial charge in [-0.15, -0.1) is 0 Å². The highest BCUT2D eigenvalue weighted by Gasteiger charge is 2.75. The van der Waals surface area contributed by atoms with Crippen molar-refractivity contribution < 1.29 is 19.1 Å². The second-order valence-electron chi connectivity index (χ2n) is 14.0. The lowest BCUT2D eigenvalue weighted by atomic mass is 9.48. The molecule has 8 heteroatoms. The number of hydrogen-bond acceptors (Lipinski definition) is 5. The van der Waals surface area contributed by atoms with Crippen molar-refractivity contribution in [2.75, 3.05) is 19.6 Å². The highest BCUT2D eigenvalue weighted by Crippen LogP contribution is 2.65. The van der Waals surface area contributed by atoms with E-state index in [1.165, 1.54) is 16.7 Å². The lowest BCUT2D eigenvalue weighted by Crippen LogP contribution is -2.79. The molecule has 1 saturated heterocycles. The number of likely N-dealkylation sites (tertiary alicyclic amines) is 1. The molecule has 2 fully saturated rings. The summed E-state index contributed by atoms with van der Waals surface area (Å²) in [7, 11) is 0. The second kappa shape index (κ2) is 12.2. The van der Waals surface area contributed by atoms with Crippen LogP contribution >= 0.6 is 23.2 Å². The molecule has 2 aliphatic carbocycles. The van der Waals surface area contributed by atoms with Crippen molar-refractivity contribution in [2.24, 2.45) is 5.92 Å².